The number of rotatable bonds is 7. The van der Waals surface area contributed by atoms with Crippen LogP contribution in [-0.4, -0.2) is 36.7 Å². The molecule has 3 fully saturated rings. The highest BCUT2D eigenvalue weighted by molar-refractivity contribution is 9.10. The van der Waals surface area contributed by atoms with E-state index in [0.29, 0.717) is 12.5 Å². The molecule has 0 radical (unpaired) electrons. The molecular formula is C28H29BrN2O3. The number of ether oxygens (including phenoxy) is 2. The molecule has 2 atom stereocenters. The lowest BCUT2D eigenvalue weighted by Crippen LogP contribution is -2.52. The number of hydrogen-bond donors (Lipinski definition) is 1. The van der Waals surface area contributed by atoms with E-state index in [0.717, 1.165) is 59.4 Å². The summed E-state index contributed by atoms with van der Waals surface area (Å²) >= 11 is 3.46. The first-order chi connectivity index (χ1) is 16.6. The Balaban J connectivity index is 1.30. The predicted octanol–water partition coefficient (Wildman–Crippen LogP) is 5.94. The molecule has 0 aromatic heterocycles. The van der Waals surface area contributed by atoms with Gasteiger partial charge in [0.2, 0.25) is 0 Å². The zero-order valence-electron chi connectivity index (χ0n) is 19.0. The van der Waals surface area contributed by atoms with Crippen molar-refractivity contribution in [2.24, 2.45) is 5.92 Å². The van der Waals surface area contributed by atoms with Gasteiger partial charge in [-0.1, -0.05) is 70.5 Å². The smallest absolute Gasteiger partial charge is 0.408 e. The highest BCUT2D eigenvalue weighted by atomic mass is 79.9. The van der Waals surface area contributed by atoms with Gasteiger partial charge in [-0.2, -0.15) is 0 Å². The van der Waals surface area contributed by atoms with Crippen molar-refractivity contribution in [3.63, 3.8) is 0 Å². The van der Waals surface area contributed by atoms with E-state index in [1.54, 1.807) is 0 Å². The predicted molar refractivity (Wildman–Crippen MR) is 136 cm³/mol. The number of amides is 1. The molecule has 6 heteroatoms. The fourth-order valence-corrected chi connectivity index (χ4v) is 5.13. The van der Waals surface area contributed by atoms with Crippen molar-refractivity contribution >= 4 is 22.0 Å². The molecule has 1 unspecified atom stereocenters. The van der Waals surface area contributed by atoms with Crippen molar-refractivity contribution in [3.8, 4) is 5.75 Å². The number of alkyl carbamates (subject to hydrolysis) is 1. The second-order valence-corrected chi connectivity index (χ2v) is 9.97. The normalized spacial score (nSPS) is 22.1. The van der Waals surface area contributed by atoms with Crippen LogP contribution in [-0.2, 0) is 11.3 Å². The van der Waals surface area contributed by atoms with Gasteiger partial charge in [0.25, 0.3) is 0 Å². The van der Waals surface area contributed by atoms with E-state index < -0.39 is 0 Å². The van der Waals surface area contributed by atoms with Gasteiger partial charge in [0.15, 0.2) is 0 Å². The molecular weight excluding hydrogens is 492 g/mol. The number of benzene rings is 3. The molecule has 176 valence electrons. The maximum Gasteiger partial charge on any atom is 0.408 e. The maximum atomic E-state index is 13.0. The second kappa shape index (κ2) is 10.6. The van der Waals surface area contributed by atoms with Crippen LogP contribution in [0.25, 0.3) is 0 Å². The van der Waals surface area contributed by atoms with Gasteiger partial charge in [0.1, 0.15) is 18.5 Å². The van der Waals surface area contributed by atoms with Crippen LogP contribution in [0.3, 0.4) is 0 Å². The molecule has 1 amide bonds. The van der Waals surface area contributed by atoms with Crippen molar-refractivity contribution in [2.75, 3.05) is 19.6 Å². The van der Waals surface area contributed by atoms with Crippen LogP contribution >= 0.6 is 15.9 Å². The van der Waals surface area contributed by atoms with Gasteiger partial charge in [-0.25, -0.2) is 4.79 Å². The van der Waals surface area contributed by atoms with E-state index in [1.165, 1.54) is 0 Å². The van der Waals surface area contributed by atoms with Crippen molar-refractivity contribution in [1.29, 1.82) is 0 Å². The van der Waals surface area contributed by atoms with Gasteiger partial charge in [-0.15, -0.1) is 0 Å². The van der Waals surface area contributed by atoms with Gasteiger partial charge >= 0.3 is 6.09 Å². The van der Waals surface area contributed by atoms with Crippen molar-refractivity contribution < 1.29 is 14.3 Å². The second-order valence-electron chi connectivity index (χ2n) is 9.06. The molecule has 6 rings (SSSR count). The molecule has 3 aromatic rings. The Kier molecular flexibility index (Phi) is 7.16. The minimum Gasteiger partial charge on any atom is -0.489 e. The summed E-state index contributed by atoms with van der Waals surface area (Å²) in [7, 11) is 0. The van der Waals surface area contributed by atoms with Crippen LogP contribution in [0.1, 0.15) is 35.6 Å². The van der Waals surface area contributed by atoms with E-state index in [-0.39, 0.29) is 18.2 Å². The Morgan fingerprint density at radius 1 is 0.971 bits per heavy atom. The van der Waals surface area contributed by atoms with E-state index in [2.05, 4.69) is 26.1 Å². The van der Waals surface area contributed by atoms with Gasteiger partial charge in [0.05, 0.1) is 6.04 Å². The number of carbonyl (C=O) groups is 1. The lowest BCUT2D eigenvalue weighted by Gasteiger charge is -2.43. The molecule has 2 bridgehead atoms. The molecule has 5 nitrogen and oxygen atoms in total. The average Bonchev–Trinajstić information content (AvgIpc) is 2.88. The zero-order chi connectivity index (χ0) is 23.3. The quantitative estimate of drug-likeness (QED) is 0.418. The summed E-state index contributed by atoms with van der Waals surface area (Å²) in [6, 6.07) is 25.6. The fraction of sp³-hybridized carbons (Fsp3) is 0.321. The standard InChI is InChI=1S/C28H29BrN2O3/c29-24-11-9-20(10-12-24)19-33-25-8-4-7-23(17-25)27(22-5-2-1-3-6-22)30-28(32)34-26-18-31-15-13-21(26)14-16-31/h1-12,17,21,26-27H,13-16,18-19H2,(H,30,32)/t26?,27-/m0/s1. The Bertz CT molecular complexity index is 1100. The van der Waals surface area contributed by atoms with Crippen LogP contribution in [0, 0.1) is 5.92 Å². The van der Waals surface area contributed by atoms with Crippen LogP contribution in [0.15, 0.2) is 83.3 Å². The Hall–Kier alpha value is -2.83. The lowest BCUT2D eigenvalue weighted by atomic mass is 9.86. The third-order valence-electron chi connectivity index (χ3n) is 6.76. The Labute approximate surface area is 209 Å². The van der Waals surface area contributed by atoms with Gasteiger partial charge in [-0.05, 0) is 72.8 Å². The topological polar surface area (TPSA) is 50.8 Å². The van der Waals surface area contributed by atoms with E-state index in [4.69, 9.17) is 9.47 Å². The first-order valence-electron chi connectivity index (χ1n) is 11.9. The number of carbonyl (C=O) groups excluding carboxylic acids is 1. The Morgan fingerprint density at radius 2 is 1.71 bits per heavy atom. The zero-order valence-corrected chi connectivity index (χ0v) is 20.6. The molecule has 1 N–H and O–H groups in total. The maximum absolute atomic E-state index is 13.0. The fourth-order valence-electron chi connectivity index (χ4n) is 4.87. The molecule has 0 saturated carbocycles. The number of nitrogens with one attached hydrogen (secondary N) is 1. The molecule has 3 aliphatic heterocycles. The third-order valence-corrected chi connectivity index (χ3v) is 7.29. The van der Waals surface area contributed by atoms with Crippen molar-refractivity contribution in [3.05, 3.63) is 100 Å². The highest BCUT2D eigenvalue weighted by Gasteiger charge is 2.36. The molecule has 3 aromatic carbocycles. The summed E-state index contributed by atoms with van der Waals surface area (Å²) < 4.78 is 13.0. The van der Waals surface area contributed by atoms with Gasteiger partial charge in [0, 0.05) is 11.0 Å². The first kappa shape index (κ1) is 22.9. The highest BCUT2D eigenvalue weighted by Crippen LogP contribution is 2.30. The van der Waals surface area contributed by atoms with Crippen molar-refractivity contribution in [2.45, 2.75) is 31.6 Å². The first-order valence-corrected chi connectivity index (χ1v) is 12.6. The minimum absolute atomic E-state index is 0.0282. The molecule has 0 spiro atoms. The lowest BCUT2D eigenvalue weighted by molar-refractivity contribution is -0.0336. The molecule has 0 aliphatic carbocycles. The third kappa shape index (κ3) is 5.62. The molecule has 34 heavy (non-hydrogen) atoms. The van der Waals surface area contributed by atoms with Gasteiger partial charge < -0.3 is 14.8 Å². The average molecular weight is 521 g/mol. The minimum atomic E-state index is -0.367. The summed E-state index contributed by atoms with van der Waals surface area (Å²) in [6.45, 7) is 3.55. The summed E-state index contributed by atoms with van der Waals surface area (Å²) in [5.74, 6) is 1.23. The largest absolute Gasteiger partial charge is 0.489 e. The SMILES string of the molecule is O=C(N[C@@H](c1ccccc1)c1cccc(OCc2ccc(Br)cc2)c1)OC1CN2CCC1CC2. The van der Waals surface area contributed by atoms with E-state index in [9.17, 15) is 4.79 Å². The monoisotopic (exact) mass is 520 g/mol. The number of halogens is 1. The van der Waals surface area contributed by atoms with Crippen molar-refractivity contribution in [1.82, 2.24) is 10.2 Å². The summed E-state index contributed by atoms with van der Waals surface area (Å²) in [4.78, 5) is 15.4. The van der Waals surface area contributed by atoms with Gasteiger partial charge in [-0.3, -0.25) is 4.90 Å². The van der Waals surface area contributed by atoms with E-state index in [1.807, 2.05) is 78.9 Å². The van der Waals surface area contributed by atoms with Crippen LogP contribution < -0.4 is 10.1 Å². The van der Waals surface area contributed by atoms with E-state index >= 15 is 0 Å². The number of hydrogen-bond acceptors (Lipinski definition) is 4. The summed E-state index contributed by atoms with van der Waals surface area (Å²) in [5.41, 5.74) is 3.04. The molecule has 3 saturated heterocycles. The summed E-state index contributed by atoms with van der Waals surface area (Å²) in [6.07, 6.45) is 1.82. The molecule has 3 heterocycles. The summed E-state index contributed by atoms with van der Waals surface area (Å²) in [5, 5.41) is 3.12. The Morgan fingerprint density at radius 3 is 2.41 bits per heavy atom. The van der Waals surface area contributed by atoms with Crippen LogP contribution in [0.5, 0.6) is 5.75 Å². The number of fused-ring (bicyclic) bond motifs is 3. The number of nitrogens with zero attached hydrogens (tertiary/aromatic N) is 1. The van der Waals surface area contributed by atoms with Crippen LogP contribution in [0.4, 0.5) is 4.79 Å². The van der Waals surface area contributed by atoms with Crippen LogP contribution in [0.2, 0.25) is 0 Å². The number of piperidine rings is 3. The molecule has 3 aliphatic rings.